The third-order valence-electron chi connectivity index (χ3n) is 4.27. The smallest absolute Gasteiger partial charge is 0.132 e. The summed E-state index contributed by atoms with van der Waals surface area (Å²) in [6.45, 7) is 1.09. The third-order valence-corrected chi connectivity index (χ3v) is 5.32. The first-order valence-corrected chi connectivity index (χ1v) is 8.73. The predicted molar refractivity (Wildman–Crippen MR) is 81.8 cm³/mol. The largest absolute Gasteiger partial charge is 0.369 e. The number of fused-ring (bicyclic) bond motifs is 1. The summed E-state index contributed by atoms with van der Waals surface area (Å²) >= 11 is 2.09. The fourth-order valence-electron chi connectivity index (χ4n) is 3.04. The summed E-state index contributed by atoms with van der Waals surface area (Å²) < 4.78 is 0. The molecule has 1 aliphatic heterocycles. The van der Waals surface area contributed by atoms with Gasteiger partial charge < -0.3 is 5.32 Å². The van der Waals surface area contributed by atoms with Gasteiger partial charge >= 0.3 is 0 Å². The van der Waals surface area contributed by atoms with Crippen molar-refractivity contribution < 1.29 is 0 Å². The van der Waals surface area contributed by atoms with Crippen molar-refractivity contribution in [1.82, 2.24) is 9.97 Å². The Hall–Kier alpha value is -0.770. The molecule has 0 saturated carbocycles. The van der Waals surface area contributed by atoms with Crippen LogP contribution in [-0.2, 0) is 12.8 Å². The van der Waals surface area contributed by atoms with E-state index >= 15 is 0 Å². The predicted octanol–water partition coefficient (Wildman–Crippen LogP) is 3.30. The molecule has 1 aliphatic carbocycles. The molecule has 1 N–H and O–H groups in total. The number of aryl methyl sites for hydroxylation is 1. The highest BCUT2D eigenvalue weighted by Gasteiger charge is 2.17. The first-order chi connectivity index (χ1) is 9.43. The Morgan fingerprint density at radius 3 is 2.84 bits per heavy atom. The highest BCUT2D eigenvalue weighted by Crippen LogP contribution is 2.26. The second-order valence-electron chi connectivity index (χ2n) is 5.64. The molecule has 0 radical (unpaired) electrons. The van der Waals surface area contributed by atoms with Crippen LogP contribution in [0, 0.1) is 5.92 Å². The Balaban J connectivity index is 1.66. The van der Waals surface area contributed by atoms with Gasteiger partial charge in [-0.05, 0) is 55.9 Å². The van der Waals surface area contributed by atoms with Crippen LogP contribution in [-0.4, -0.2) is 28.0 Å². The molecule has 0 bridgehead atoms. The number of nitrogens with one attached hydrogen (secondary N) is 1. The van der Waals surface area contributed by atoms with Crippen molar-refractivity contribution in [3.63, 3.8) is 0 Å². The van der Waals surface area contributed by atoms with Gasteiger partial charge in [0.2, 0.25) is 0 Å². The maximum atomic E-state index is 4.49. The van der Waals surface area contributed by atoms with Gasteiger partial charge in [0.1, 0.15) is 12.1 Å². The highest BCUT2D eigenvalue weighted by molar-refractivity contribution is 7.99. The minimum absolute atomic E-state index is 0.831. The maximum absolute atomic E-state index is 4.49. The summed E-state index contributed by atoms with van der Waals surface area (Å²) in [5, 5.41) is 3.61. The first-order valence-electron chi connectivity index (χ1n) is 7.58. The number of hydrogen-bond donors (Lipinski definition) is 1. The number of thioether (sulfide) groups is 1. The Labute approximate surface area is 120 Å². The quantitative estimate of drug-likeness (QED) is 0.860. The zero-order chi connectivity index (χ0) is 12.9. The van der Waals surface area contributed by atoms with Crippen LogP contribution >= 0.6 is 11.8 Å². The van der Waals surface area contributed by atoms with Crippen molar-refractivity contribution >= 4 is 17.6 Å². The van der Waals surface area contributed by atoms with Crippen LogP contribution in [0.1, 0.15) is 43.4 Å². The molecule has 4 heteroatoms. The van der Waals surface area contributed by atoms with E-state index in [4.69, 9.17) is 0 Å². The van der Waals surface area contributed by atoms with Crippen molar-refractivity contribution in [2.24, 2.45) is 5.92 Å². The third kappa shape index (κ3) is 3.41. The van der Waals surface area contributed by atoms with Gasteiger partial charge in [0.25, 0.3) is 0 Å². The van der Waals surface area contributed by atoms with Crippen LogP contribution in [0.5, 0.6) is 0 Å². The topological polar surface area (TPSA) is 37.8 Å². The van der Waals surface area contributed by atoms with Gasteiger partial charge in [-0.1, -0.05) is 6.42 Å². The number of anilines is 1. The Bertz CT molecular complexity index is 416. The molecule has 0 spiro atoms. The fraction of sp³-hybridized carbons (Fsp3) is 0.733. The highest BCUT2D eigenvalue weighted by atomic mass is 32.2. The van der Waals surface area contributed by atoms with Gasteiger partial charge in [-0.3, -0.25) is 0 Å². The summed E-state index contributed by atoms with van der Waals surface area (Å²) in [6, 6.07) is 0. The zero-order valence-corrected chi connectivity index (χ0v) is 12.3. The molecule has 1 fully saturated rings. The second kappa shape index (κ2) is 6.60. The van der Waals surface area contributed by atoms with E-state index in [1.165, 1.54) is 54.9 Å². The molecule has 19 heavy (non-hydrogen) atoms. The van der Waals surface area contributed by atoms with Gasteiger partial charge in [0.05, 0.1) is 0 Å². The van der Waals surface area contributed by atoms with E-state index in [1.807, 2.05) is 0 Å². The van der Waals surface area contributed by atoms with Crippen LogP contribution in [0.25, 0.3) is 0 Å². The summed E-state index contributed by atoms with van der Waals surface area (Å²) in [4.78, 5) is 8.97. The van der Waals surface area contributed by atoms with Gasteiger partial charge in [0, 0.05) is 17.8 Å². The molecule has 2 heterocycles. The van der Waals surface area contributed by atoms with Crippen LogP contribution in [0.15, 0.2) is 6.33 Å². The lowest BCUT2D eigenvalue weighted by atomic mass is 10.0. The lowest BCUT2D eigenvalue weighted by molar-refractivity contribution is 0.515. The van der Waals surface area contributed by atoms with E-state index in [9.17, 15) is 0 Å². The molecule has 2 aliphatic rings. The molecule has 0 aromatic carbocycles. The molecule has 0 atom stereocenters. The number of hydrogen-bond acceptors (Lipinski definition) is 4. The molecule has 0 amide bonds. The molecule has 104 valence electrons. The van der Waals surface area contributed by atoms with Crippen molar-refractivity contribution in [3.05, 3.63) is 17.6 Å². The average Bonchev–Trinajstić information content (AvgIpc) is 2.72. The number of aromatic nitrogens is 2. The lowest BCUT2D eigenvalue weighted by Gasteiger charge is -2.22. The normalized spacial score (nSPS) is 20.6. The second-order valence-corrected chi connectivity index (χ2v) is 6.87. The Kier molecular flexibility index (Phi) is 4.59. The summed E-state index contributed by atoms with van der Waals surface area (Å²) in [6.07, 6.45) is 10.6. The Morgan fingerprint density at radius 2 is 1.95 bits per heavy atom. The lowest BCUT2D eigenvalue weighted by Crippen LogP contribution is -2.20. The van der Waals surface area contributed by atoms with E-state index in [1.54, 1.807) is 6.33 Å². The molecular formula is C15H23N3S. The van der Waals surface area contributed by atoms with Gasteiger partial charge in [0.15, 0.2) is 0 Å². The van der Waals surface area contributed by atoms with E-state index in [2.05, 4.69) is 27.0 Å². The van der Waals surface area contributed by atoms with E-state index in [-0.39, 0.29) is 0 Å². The minimum atomic E-state index is 0.831. The number of rotatable bonds is 3. The standard InChI is InChI=1S/C15H23N3S/c1-2-4-13-14(5-3-1)17-11-18-15(13)16-10-12-6-8-19-9-7-12/h11-12H,1-10H2,(H,16,17,18). The van der Waals surface area contributed by atoms with E-state index < -0.39 is 0 Å². The van der Waals surface area contributed by atoms with E-state index in [0.29, 0.717) is 0 Å². The summed E-state index contributed by atoms with van der Waals surface area (Å²) in [5.41, 5.74) is 2.68. The van der Waals surface area contributed by atoms with Gasteiger partial charge in [-0.15, -0.1) is 0 Å². The van der Waals surface area contributed by atoms with Gasteiger partial charge in [-0.25, -0.2) is 9.97 Å². The fourth-order valence-corrected chi connectivity index (χ4v) is 4.25. The minimum Gasteiger partial charge on any atom is -0.369 e. The molecule has 1 aromatic heterocycles. The molecule has 1 saturated heterocycles. The average molecular weight is 277 g/mol. The van der Waals surface area contributed by atoms with Crippen LogP contribution in [0.3, 0.4) is 0 Å². The molecule has 0 unspecified atom stereocenters. The van der Waals surface area contributed by atoms with Crippen LogP contribution in [0.4, 0.5) is 5.82 Å². The number of nitrogens with zero attached hydrogens (tertiary/aromatic N) is 2. The maximum Gasteiger partial charge on any atom is 0.132 e. The summed E-state index contributed by atoms with van der Waals surface area (Å²) in [5.74, 6) is 4.60. The first kappa shape index (κ1) is 13.2. The van der Waals surface area contributed by atoms with Gasteiger partial charge in [-0.2, -0.15) is 11.8 Å². The van der Waals surface area contributed by atoms with Crippen molar-refractivity contribution in [2.75, 3.05) is 23.4 Å². The molecular weight excluding hydrogens is 254 g/mol. The van der Waals surface area contributed by atoms with Crippen molar-refractivity contribution in [3.8, 4) is 0 Å². The molecule has 3 nitrogen and oxygen atoms in total. The molecule has 1 aromatic rings. The summed E-state index contributed by atoms with van der Waals surface area (Å²) in [7, 11) is 0. The van der Waals surface area contributed by atoms with Crippen molar-refractivity contribution in [1.29, 1.82) is 0 Å². The monoisotopic (exact) mass is 277 g/mol. The van der Waals surface area contributed by atoms with Crippen LogP contribution in [0.2, 0.25) is 0 Å². The van der Waals surface area contributed by atoms with Crippen LogP contribution < -0.4 is 5.32 Å². The zero-order valence-electron chi connectivity index (χ0n) is 11.5. The molecule has 3 rings (SSSR count). The van der Waals surface area contributed by atoms with Crippen molar-refractivity contribution in [2.45, 2.75) is 44.9 Å². The van der Waals surface area contributed by atoms with E-state index in [0.717, 1.165) is 31.1 Å². The Morgan fingerprint density at radius 1 is 1.11 bits per heavy atom. The SMILES string of the molecule is c1nc2c(c(NCC3CCSCC3)n1)CCCCC2.